The van der Waals surface area contributed by atoms with E-state index in [4.69, 9.17) is 0 Å². The molecule has 1 fully saturated rings. The molecule has 2 rings (SSSR count). The van der Waals surface area contributed by atoms with Crippen molar-refractivity contribution in [3.63, 3.8) is 0 Å². The maximum atomic E-state index is 13.2. The summed E-state index contributed by atoms with van der Waals surface area (Å²) in [6.45, 7) is 0. The van der Waals surface area contributed by atoms with E-state index in [2.05, 4.69) is 0 Å². The highest BCUT2D eigenvalue weighted by atomic mass is 19.1. The second-order valence-electron chi connectivity index (χ2n) is 2.98. The lowest BCUT2D eigenvalue weighted by Crippen LogP contribution is -2.11. The molecule has 0 aliphatic heterocycles. The van der Waals surface area contributed by atoms with E-state index < -0.39 is 5.82 Å². The van der Waals surface area contributed by atoms with Crippen LogP contribution >= 0.6 is 0 Å². The molecule has 1 aliphatic carbocycles. The highest BCUT2D eigenvalue weighted by Gasteiger charge is 2.26. The number of carbonyl (C=O) groups is 1. The van der Waals surface area contributed by atoms with Crippen LogP contribution in [0.15, 0.2) is 24.3 Å². The SMILES string of the molecule is O=C([C]1[CH][CH][CH][CH]1)c1ccccc1F. The smallest absolute Gasteiger partial charge is 0.173 e. The van der Waals surface area contributed by atoms with E-state index in [-0.39, 0.29) is 11.3 Å². The van der Waals surface area contributed by atoms with Gasteiger partial charge in [-0.25, -0.2) is 4.39 Å². The van der Waals surface area contributed by atoms with Gasteiger partial charge in [-0.3, -0.25) is 4.79 Å². The molecule has 0 saturated heterocycles. The highest BCUT2D eigenvalue weighted by Crippen LogP contribution is 2.27. The summed E-state index contributed by atoms with van der Waals surface area (Å²) in [6.07, 6.45) is 6.87. The Morgan fingerprint density at radius 2 is 1.71 bits per heavy atom. The van der Waals surface area contributed by atoms with Crippen molar-refractivity contribution in [1.82, 2.24) is 0 Å². The van der Waals surface area contributed by atoms with Crippen molar-refractivity contribution in [2.75, 3.05) is 0 Å². The van der Waals surface area contributed by atoms with Crippen LogP contribution in [0, 0.1) is 37.4 Å². The number of halogens is 1. The number of benzene rings is 1. The van der Waals surface area contributed by atoms with E-state index in [9.17, 15) is 9.18 Å². The molecule has 1 nitrogen and oxygen atoms in total. The van der Waals surface area contributed by atoms with Gasteiger partial charge in [-0.2, -0.15) is 0 Å². The fourth-order valence-corrected chi connectivity index (χ4v) is 1.33. The first kappa shape index (κ1) is 9.38. The number of rotatable bonds is 2. The summed E-state index contributed by atoms with van der Waals surface area (Å²) in [4.78, 5) is 11.7. The van der Waals surface area contributed by atoms with Crippen molar-refractivity contribution < 1.29 is 9.18 Å². The van der Waals surface area contributed by atoms with E-state index in [0.717, 1.165) is 0 Å². The molecule has 0 bridgehead atoms. The third-order valence-electron chi connectivity index (χ3n) is 2.04. The summed E-state index contributed by atoms with van der Waals surface area (Å²) in [5.41, 5.74) is 0.124. The van der Waals surface area contributed by atoms with Crippen molar-refractivity contribution >= 4 is 5.78 Å². The number of ketones is 1. The van der Waals surface area contributed by atoms with E-state index in [0.29, 0.717) is 5.92 Å². The van der Waals surface area contributed by atoms with Crippen molar-refractivity contribution in [3.8, 4) is 0 Å². The van der Waals surface area contributed by atoms with Crippen molar-refractivity contribution in [3.05, 3.63) is 67.2 Å². The topological polar surface area (TPSA) is 17.1 Å². The molecule has 1 aromatic rings. The van der Waals surface area contributed by atoms with Crippen LogP contribution in [0.5, 0.6) is 0 Å². The molecule has 5 radical (unpaired) electrons. The Morgan fingerprint density at radius 1 is 1.07 bits per heavy atom. The molecule has 1 saturated carbocycles. The predicted octanol–water partition coefficient (Wildman–Crippen LogP) is 2.41. The zero-order valence-corrected chi connectivity index (χ0v) is 7.41. The Balaban J connectivity index is 2.22. The molecule has 0 amide bonds. The van der Waals surface area contributed by atoms with E-state index >= 15 is 0 Å². The molecule has 0 heterocycles. The van der Waals surface area contributed by atoms with E-state index in [1.54, 1.807) is 37.8 Å². The van der Waals surface area contributed by atoms with Gasteiger partial charge < -0.3 is 0 Å². The second kappa shape index (κ2) is 3.91. The molecular weight excluding hydrogens is 179 g/mol. The maximum Gasteiger partial charge on any atom is 0.173 e. The Kier molecular flexibility index (Phi) is 2.62. The average molecular weight is 187 g/mol. The van der Waals surface area contributed by atoms with Crippen LogP contribution in [-0.2, 0) is 0 Å². The van der Waals surface area contributed by atoms with Crippen molar-refractivity contribution in [1.29, 1.82) is 0 Å². The molecule has 0 N–H and O–H groups in total. The fraction of sp³-hybridized carbons (Fsp3) is 0. The molecule has 1 aliphatic rings. The van der Waals surface area contributed by atoms with Crippen LogP contribution in [0.3, 0.4) is 0 Å². The molecule has 0 aromatic heterocycles. The first-order valence-electron chi connectivity index (χ1n) is 4.30. The van der Waals surface area contributed by atoms with E-state index in [1.165, 1.54) is 12.1 Å². The molecule has 14 heavy (non-hydrogen) atoms. The molecule has 69 valence electrons. The Hall–Kier alpha value is -1.18. The largest absolute Gasteiger partial charge is 0.293 e. The van der Waals surface area contributed by atoms with Gasteiger partial charge in [0.1, 0.15) is 5.82 Å². The lowest BCUT2D eigenvalue weighted by molar-refractivity contribution is 0.101. The third kappa shape index (κ3) is 1.69. The first-order chi connectivity index (χ1) is 6.79. The summed E-state index contributed by atoms with van der Waals surface area (Å²) in [7, 11) is 0. The number of Topliss-reactive ketones (excluding diaryl/α,β-unsaturated/α-hetero) is 1. The van der Waals surface area contributed by atoms with Crippen LogP contribution in [0.4, 0.5) is 4.39 Å². The second-order valence-corrected chi connectivity index (χ2v) is 2.98. The van der Waals surface area contributed by atoms with Gasteiger partial charge in [0.25, 0.3) is 0 Å². The first-order valence-corrected chi connectivity index (χ1v) is 4.30. The van der Waals surface area contributed by atoms with Crippen LogP contribution in [0.25, 0.3) is 0 Å². The highest BCUT2D eigenvalue weighted by molar-refractivity contribution is 6.09. The quantitative estimate of drug-likeness (QED) is 0.650. The predicted molar refractivity (Wildman–Crippen MR) is 51.2 cm³/mol. The van der Waals surface area contributed by atoms with Crippen LogP contribution in [0.1, 0.15) is 10.4 Å². The van der Waals surface area contributed by atoms with Gasteiger partial charge in [-0.1, -0.05) is 12.1 Å². The Labute approximate surface area is 82.9 Å². The minimum absolute atomic E-state index is 0.124. The summed E-state index contributed by atoms with van der Waals surface area (Å²) < 4.78 is 13.2. The zero-order chi connectivity index (χ0) is 9.97. The monoisotopic (exact) mass is 187 g/mol. The summed E-state index contributed by atoms with van der Waals surface area (Å²) in [5.74, 6) is -0.220. The fourth-order valence-electron chi connectivity index (χ4n) is 1.33. The van der Waals surface area contributed by atoms with Gasteiger partial charge >= 0.3 is 0 Å². The summed E-state index contributed by atoms with van der Waals surface area (Å²) in [5, 5.41) is 0. The van der Waals surface area contributed by atoms with Gasteiger partial charge in [0.15, 0.2) is 5.78 Å². The molecule has 0 spiro atoms. The zero-order valence-electron chi connectivity index (χ0n) is 7.41. The summed E-state index contributed by atoms with van der Waals surface area (Å²) in [6, 6.07) is 6.00. The normalized spacial score (nSPS) is 17.2. The standard InChI is InChI=1S/C12H8FO/c13-11-8-4-3-7-10(11)12(14)9-5-1-2-6-9/h1-8H. The van der Waals surface area contributed by atoms with E-state index in [1.807, 2.05) is 0 Å². The van der Waals surface area contributed by atoms with Gasteiger partial charge in [-0.05, 0) is 37.8 Å². The molecule has 1 aromatic carbocycles. The van der Waals surface area contributed by atoms with Gasteiger partial charge in [0.05, 0.1) is 11.5 Å². The number of hydrogen-bond donors (Lipinski definition) is 0. The molecule has 2 heteroatoms. The molecule has 0 atom stereocenters. The average Bonchev–Trinajstić information content (AvgIpc) is 2.70. The number of carbonyl (C=O) groups excluding carboxylic acids is 1. The van der Waals surface area contributed by atoms with Crippen LogP contribution in [-0.4, -0.2) is 5.78 Å². The minimum Gasteiger partial charge on any atom is -0.293 e. The van der Waals surface area contributed by atoms with Crippen LogP contribution < -0.4 is 0 Å². The Bertz CT molecular complexity index is 340. The lowest BCUT2D eigenvalue weighted by atomic mass is 9.96. The summed E-state index contributed by atoms with van der Waals surface area (Å²) >= 11 is 0. The molecule has 0 unspecified atom stereocenters. The Morgan fingerprint density at radius 3 is 2.36 bits per heavy atom. The van der Waals surface area contributed by atoms with Gasteiger partial charge in [-0.15, -0.1) is 0 Å². The lowest BCUT2D eigenvalue weighted by Gasteiger charge is -2.06. The van der Waals surface area contributed by atoms with Gasteiger partial charge in [0, 0.05) is 0 Å². The maximum absolute atomic E-state index is 13.2. The van der Waals surface area contributed by atoms with Crippen molar-refractivity contribution in [2.24, 2.45) is 0 Å². The minimum atomic E-state index is -0.473. The van der Waals surface area contributed by atoms with Crippen molar-refractivity contribution in [2.45, 2.75) is 0 Å². The van der Waals surface area contributed by atoms with Crippen LogP contribution in [0.2, 0.25) is 0 Å². The molecular formula is C12H8FO. The van der Waals surface area contributed by atoms with Gasteiger partial charge in [0.2, 0.25) is 0 Å². The third-order valence-corrected chi connectivity index (χ3v) is 2.04. The number of hydrogen-bond acceptors (Lipinski definition) is 1.